The zero-order valence-electron chi connectivity index (χ0n) is 17.7. The average molecular weight is 445 g/mol. The lowest BCUT2D eigenvalue weighted by atomic mass is 10.2. The van der Waals surface area contributed by atoms with Gasteiger partial charge >= 0.3 is 6.03 Å². The molecule has 0 saturated carbocycles. The Labute approximate surface area is 181 Å². The maximum atomic E-state index is 12.8. The fourth-order valence-electron chi connectivity index (χ4n) is 3.18. The lowest BCUT2D eigenvalue weighted by Gasteiger charge is -2.19. The number of carbonyl (C=O) groups excluding carboxylic acids is 3. The van der Waals surface area contributed by atoms with Gasteiger partial charge in [-0.1, -0.05) is 17.7 Å². The van der Waals surface area contributed by atoms with Gasteiger partial charge in [0, 0.05) is 25.5 Å². The molecule has 1 aliphatic heterocycles. The fraction of sp³-hybridized carbons (Fsp3) is 0.286. The average Bonchev–Trinajstić information content (AvgIpc) is 2.92. The van der Waals surface area contributed by atoms with E-state index in [-0.39, 0.29) is 4.90 Å². The molecule has 1 unspecified atom stereocenters. The van der Waals surface area contributed by atoms with Gasteiger partial charge in [0.15, 0.2) is 0 Å². The molecule has 0 radical (unpaired) electrons. The molecule has 1 fully saturated rings. The molecule has 4 amide bonds. The molecule has 1 heterocycles. The molecule has 31 heavy (non-hydrogen) atoms. The van der Waals surface area contributed by atoms with Gasteiger partial charge in [-0.15, -0.1) is 0 Å². The highest BCUT2D eigenvalue weighted by atomic mass is 32.2. The summed E-state index contributed by atoms with van der Waals surface area (Å²) in [6, 6.07) is 11.5. The second kappa shape index (κ2) is 8.48. The minimum absolute atomic E-state index is 0.0861. The molecule has 2 aromatic carbocycles. The Bertz CT molecular complexity index is 1110. The summed E-state index contributed by atoms with van der Waals surface area (Å²) in [6.45, 7) is 3.09. The number of imide groups is 1. The van der Waals surface area contributed by atoms with E-state index in [1.807, 2.05) is 19.1 Å². The Morgan fingerprint density at radius 1 is 1.03 bits per heavy atom. The van der Waals surface area contributed by atoms with E-state index in [1.165, 1.54) is 43.3 Å². The van der Waals surface area contributed by atoms with Gasteiger partial charge in [-0.2, -0.15) is 0 Å². The topological polar surface area (TPSA) is 107 Å². The number of amides is 4. The first-order chi connectivity index (χ1) is 14.5. The van der Waals surface area contributed by atoms with Gasteiger partial charge in [0.1, 0.15) is 12.6 Å². The number of hydrogen-bond donors (Lipinski definition) is 1. The number of urea groups is 1. The molecule has 1 saturated heterocycles. The Morgan fingerprint density at radius 3 is 2.16 bits per heavy atom. The van der Waals surface area contributed by atoms with E-state index in [1.54, 1.807) is 19.1 Å². The van der Waals surface area contributed by atoms with Crippen LogP contribution in [0.5, 0.6) is 0 Å². The molecular weight excluding hydrogens is 420 g/mol. The molecule has 1 atom stereocenters. The minimum atomic E-state index is -3.58. The van der Waals surface area contributed by atoms with Gasteiger partial charge < -0.3 is 5.32 Å². The highest BCUT2D eigenvalue weighted by Crippen LogP contribution is 2.26. The smallest absolute Gasteiger partial charge is 0.325 e. The van der Waals surface area contributed by atoms with Crippen LogP contribution in [0, 0.1) is 6.92 Å². The number of nitrogens with one attached hydrogen (secondary N) is 1. The monoisotopic (exact) mass is 444 g/mol. The summed E-state index contributed by atoms with van der Waals surface area (Å²) in [6.07, 6.45) is 0. The molecule has 0 aromatic heterocycles. The van der Waals surface area contributed by atoms with Crippen molar-refractivity contribution >= 4 is 39.2 Å². The standard InChI is InChI=1S/C21H24N4O5S/c1-14-5-9-17(10-6-14)25-15(2)20(27)24(21(25)28)13-19(26)22-16-7-11-18(12-8-16)31(29,30)23(3)4/h5-12,15H,13H2,1-4H3,(H,22,26). The molecule has 3 rings (SSSR count). The number of anilines is 2. The minimum Gasteiger partial charge on any atom is -0.325 e. The lowest BCUT2D eigenvalue weighted by molar-refractivity contribution is -0.130. The van der Waals surface area contributed by atoms with Crippen LogP contribution in [0.15, 0.2) is 53.4 Å². The van der Waals surface area contributed by atoms with E-state index in [0.717, 1.165) is 14.8 Å². The van der Waals surface area contributed by atoms with E-state index in [9.17, 15) is 22.8 Å². The van der Waals surface area contributed by atoms with Gasteiger partial charge in [0.25, 0.3) is 5.91 Å². The SMILES string of the molecule is Cc1ccc(N2C(=O)N(CC(=O)Nc3ccc(S(=O)(=O)N(C)C)cc3)C(=O)C2C)cc1. The Balaban J connectivity index is 1.69. The number of benzene rings is 2. The van der Waals surface area contributed by atoms with E-state index in [0.29, 0.717) is 11.4 Å². The van der Waals surface area contributed by atoms with Crippen LogP contribution in [0.1, 0.15) is 12.5 Å². The molecular formula is C21H24N4O5S. The molecule has 2 aromatic rings. The number of nitrogens with zero attached hydrogens (tertiary/aromatic N) is 3. The molecule has 1 aliphatic rings. The first kappa shape index (κ1) is 22.4. The number of sulfonamides is 1. The van der Waals surface area contributed by atoms with Gasteiger partial charge in [-0.25, -0.2) is 17.5 Å². The van der Waals surface area contributed by atoms with Crippen LogP contribution in [0.4, 0.5) is 16.2 Å². The largest absolute Gasteiger partial charge is 0.332 e. The van der Waals surface area contributed by atoms with Crippen LogP contribution in [0.3, 0.4) is 0 Å². The van der Waals surface area contributed by atoms with Crippen LogP contribution >= 0.6 is 0 Å². The third-order valence-corrected chi connectivity index (χ3v) is 6.81. The second-order valence-corrected chi connectivity index (χ2v) is 9.60. The fourth-order valence-corrected chi connectivity index (χ4v) is 4.08. The van der Waals surface area contributed by atoms with Crippen molar-refractivity contribution in [3.63, 3.8) is 0 Å². The number of carbonyl (C=O) groups is 3. The Kier molecular flexibility index (Phi) is 6.14. The van der Waals surface area contributed by atoms with Gasteiger partial charge in [0.05, 0.1) is 4.90 Å². The van der Waals surface area contributed by atoms with Crippen LogP contribution in [-0.4, -0.2) is 62.2 Å². The summed E-state index contributed by atoms with van der Waals surface area (Å²) >= 11 is 0. The van der Waals surface area contributed by atoms with E-state index in [4.69, 9.17) is 0 Å². The van der Waals surface area contributed by atoms with Crippen LogP contribution in [-0.2, 0) is 19.6 Å². The van der Waals surface area contributed by atoms with Gasteiger partial charge in [-0.3, -0.25) is 19.4 Å². The zero-order chi connectivity index (χ0) is 22.9. The van der Waals surface area contributed by atoms with Gasteiger partial charge in [0.2, 0.25) is 15.9 Å². The number of aryl methyl sites for hydroxylation is 1. The van der Waals surface area contributed by atoms with Crippen molar-refractivity contribution in [2.75, 3.05) is 30.9 Å². The van der Waals surface area contributed by atoms with Crippen LogP contribution in [0.25, 0.3) is 0 Å². The molecule has 9 nitrogen and oxygen atoms in total. The second-order valence-electron chi connectivity index (χ2n) is 7.45. The van der Waals surface area contributed by atoms with Crippen molar-refractivity contribution in [2.45, 2.75) is 24.8 Å². The zero-order valence-corrected chi connectivity index (χ0v) is 18.5. The highest BCUT2D eigenvalue weighted by Gasteiger charge is 2.44. The molecule has 1 N–H and O–H groups in total. The van der Waals surface area contributed by atoms with Crippen molar-refractivity contribution in [3.8, 4) is 0 Å². The maximum absolute atomic E-state index is 12.8. The van der Waals surface area contributed by atoms with E-state index < -0.39 is 40.5 Å². The number of hydrogen-bond acceptors (Lipinski definition) is 5. The predicted octanol–water partition coefficient (Wildman–Crippen LogP) is 2.04. The third kappa shape index (κ3) is 4.44. The summed E-state index contributed by atoms with van der Waals surface area (Å²) in [5.41, 5.74) is 1.96. The third-order valence-electron chi connectivity index (χ3n) is 4.98. The summed E-state index contributed by atoms with van der Waals surface area (Å²) in [5, 5.41) is 2.58. The molecule has 0 spiro atoms. The van der Waals surface area contributed by atoms with Crippen LogP contribution in [0.2, 0.25) is 0 Å². The highest BCUT2D eigenvalue weighted by molar-refractivity contribution is 7.89. The van der Waals surface area contributed by atoms with Crippen molar-refractivity contribution in [1.29, 1.82) is 0 Å². The Morgan fingerprint density at radius 2 is 1.61 bits per heavy atom. The van der Waals surface area contributed by atoms with Crippen molar-refractivity contribution in [1.82, 2.24) is 9.21 Å². The normalized spacial score (nSPS) is 16.9. The predicted molar refractivity (Wildman–Crippen MR) is 116 cm³/mol. The van der Waals surface area contributed by atoms with Crippen molar-refractivity contribution in [3.05, 3.63) is 54.1 Å². The Hall–Kier alpha value is -3.24. The van der Waals surface area contributed by atoms with Crippen molar-refractivity contribution < 1.29 is 22.8 Å². The molecule has 0 bridgehead atoms. The molecule has 164 valence electrons. The summed E-state index contributed by atoms with van der Waals surface area (Å²) in [4.78, 5) is 40.2. The maximum Gasteiger partial charge on any atom is 0.332 e. The van der Waals surface area contributed by atoms with E-state index in [2.05, 4.69) is 5.32 Å². The summed E-state index contributed by atoms with van der Waals surface area (Å²) < 4.78 is 25.3. The van der Waals surface area contributed by atoms with E-state index >= 15 is 0 Å². The van der Waals surface area contributed by atoms with Crippen molar-refractivity contribution in [2.24, 2.45) is 0 Å². The molecule has 10 heteroatoms. The lowest BCUT2D eigenvalue weighted by Crippen LogP contribution is -2.39. The quantitative estimate of drug-likeness (QED) is 0.686. The number of rotatable bonds is 6. The summed E-state index contributed by atoms with van der Waals surface area (Å²) in [5.74, 6) is -1.03. The summed E-state index contributed by atoms with van der Waals surface area (Å²) in [7, 11) is -0.726. The van der Waals surface area contributed by atoms with Crippen LogP contribution < -0.4 is 10.2 Å². The first-order valence-electron chi connectivity index (χ1n) is 9.56. The molecule has 0 aliphatic carbocycles. The first-order valence-corrected chi connectivity index (χ1v) is 11.0. The van der Waals surface area contributed by atoms with Gasteiger partial charge in [-0.05, 0) is 50.2 Å².